The zero-order valence-electron chi connectivity index (χ0n) is 37.3. The van der Waals surface area contributed by atoms with Crippen LogP contribution in [0.3, 0.4) is 0 Å². The van der Waals surface area contributed by atoms with Gasteiger partial charge in [0.15, 0.2) is 0 Å². The maximum atomic E-state index is 10.5. The van der Waals surface area contributed by atoms with E-state index in [9.17, 15) is 4.79 Å². The van der Waals surface area contributed by atoms with Gasteiger partial charge in [-0.3, -0.25) is 4.79 Å². The van der Waals surface area contributed by atoms with Crippen molar-refractivity contribution in [2.75, 3.05) is 0 Å². The average molecular weight is 759 g/mol. The largest absolute Gasteiger partial charge is 0.481 e. The van der Waals surface area contributed by atoms with Gasteiger partial charge in [0.1, 0.15) is 0 Å². The van der Waals surface area contributed by atoms with E-state index in [2.05, 4.69) is 0 Å². The molecular weight excluding hydrogens is 657 g/mol. The Kier molecular flexibility index (Phi) is 43.1. The maximum Gasteiger partial charge on any atom is 0.303 e. The van der Waals surface area contributed by atoms with Crippen LogP contribution in [0.2, 0.25) is 0 Å². The summed E-state index contributed by atoms with van der Waals surface area (Å²) in [5.74, 6) is 0.380. The Balaban J connectivity index is 2.02. The van der Waals surface area contributed by atoms with E-state index in [1.165, 1.54) is 302 Å². The van der Waals surface area contributed by atoms with Crippen LogP contribution in [0.5, 0.6) is 0 Å². The number of rotatable bonds is 24. The van der Waals surface area contributed by atoms with E-state index in [1.54, 1.807) is 0 Å². The van der Waals surface area contributed by atoms with Crippen molar-refractivity contribution in [2.45, 2.75) is 321 Å². The molecule has 322 valence electrons. The molecule has 0 unspecified atom stereocenters. The Labute approximate surface area is 341 Å². The number of carbonyl (C=O) groups is 1. The quantitative estimate of drug-likeness (QED) is 0.0995. The lowest BCUT2D eigenvalue weighted by Crippen LogP contribution is -2.01. The van der Waals surface area contributed by atoms with Crippen molar-refractivity contribution in [3.8, 4) is 0 Å². The van der Waals surface area contributed by atoms with Crippen LogP contribution in [-0.4, -0.2) is 11.1 Å². The normalized spacial score (nSPS) is 18.5. The van der Waals surface area contributed by atoms with Gasteiger partial charge in [0.05, 0.1) is 0 Å². The molecule has 2 nitrogen and oxygen atoms in total. The molecule has 1 aliphatic rings. The zero-order valence-corrected chi connectivity index (χ0v) is 37.3. The summed E-state index contributed by atoms with van der Waals surface area (Å²) in [6.07, 6.45) is 71.4. The molecule has 1 rings (SSSR count). The number of hydrogen-bond acceptors (Lipinski definition) is 1. The Morgan fingerprint density at radius 2 is 0.463 bits per heavy atom. The highest BCUT2D eigenvalue weighted by Gasteiger charge is 2.09. The fourth-order valence-electron chi connectivity index (χ4n) is 9.43. The molecule has 0 atom stereocenters. The molecule has 0 aliphatic heterocycles. The second-order valence-corrected chi connectivity index (χ2v) is 18.6. The predicted octanol–water partition coefficient (Wildman–Crippen LogP) is 19.2. The molecule has 0 saturated heterocycles. The minimum Gasteiger partial charge on any atom is -0.481 e. The maximum absolute atomic E-state index is 10.5. The van der Waals surface area contributed by atoms with Crippen molar-refractivity contribution in [3.05, 3.63) is 0 Å². The highest BCUT2D eigenvalue weighted by atomic mass is 16.4. The predicted molar refractivity (Wildman–Crippen MR) is 242 cm³/mol. The number of hydrogen-bond donors (Lipinski definition) is 1. The van der Waals surface area contributed by atoms with E-state index in [1.807, 2.05) is 0 Å². The molecule has 0 bridgehead atoms. The van der Waals surface area contributed by atoms with E-state index in [-0.39, 0.29) is 0 Å². The minimum atomic E-state index is -0.644. The molecule has 0 spiro atoms. The van der Waals surface area contributed by atoms with Crippen LogP contribution in [-0.2, 0) is 4.79 Å². The zero-order chi connectivity index (χ0) is 38.5. The van der Waals surface area contributed by atoms with E-state index in [0.29, 0.717) is 6.42 Å². The molecule has 0 amide bonds. The monoisotopic (exact) mass is 759 g/mol. The third-order valence-electron chi connectivity index (χ3n) is 13.2. The molecule has 0 aromatic rings. The number of unbranched alkanes of at least 4 members (excludes halogenated alkanes) is 20. The highest BCUT2D eigenvalue weighted by molar-refractivity contribution is 5.66. The van der Waals surface area contributed by atoms with E-state index in [0.717, 1.165) is 18.8 Å². The van der Waals surface area contributed by atoms with Gasteiger partial charge >= 0.3 is 5.97 Å². The summed E-state index contributed by atoms with van der Waals surface area (Å²) in [6, 6.07) is 0. The molecule has 54 heavy (non-hydrogen) atoms. The lowest BCUT2D eigenvalue weighted by atomic mass is 9.89. The Morgan fingerprint density at radius 3 is 0.685 bits per heavy atom. The van der Waals surface area contributed by atoms with Crippen LogP contribution in [0.1, 0.15) is 321 Å². The number of aliphatic carboxylic acids is 1. The molecule has 0 aromatic carbocycles. The smallest absolute Gasteiger partial charge is 0.303 e. The Bertz CT molecular complexity index is 674. The molecule has 0 heterocycles. The summed E-state index contributed by atoms with van der Waals surface area (Å²) < 4.78 is 0. The van der Waals surface area contributed by atoms with Gasteiger partial charge < -0.3 is 5.11 Å². The molecule has 1 fully saturated rings. The number of carboxylic acid groups (broad SMARTS) is 1. The van der Waals surface area contributed by atoms with Gasteiger partial charge in [0.25, 0.3) is 0 Å². The van der Waals surface area contributed by atoms with Gasteiger partial charge in [-0.25, -0.2) is 0 Å². The Morgan fingerprint density at radius 1 is 0.278 bits per heavy atom. The lowest BCUT2D eigenvalue weighted by molar-refractivity contribution is -0.137. The minimum absolute atomic E-state index is 0.348. The fourth-order valence-corrected chi connectivity index (χ4v) is 9.43. The summed E-state index contributed by atoms with van der Waals surface area (Å²) in [7, 11) is 0. The SMILES string of the molecule is O=C(O)CCCCCCCCCCCCCCCCCCCCCCCC1CCCCCCCCCCCCCCCCCCCCCCCCCCC1. The van der Waals surface area contributed by atoms with Gasteiger partial charge in [-0.15, -0.1) is 0 Å². The van der Waals surface area contributed by atoms with Crippen molar-refractivity contribution in [3.63, 3.8) is 0 Å². The van der Waals surface area contributed by atoms with Gasteiger partial charge in [-0.05, 0) is 12.3 Å². The second-order valence-electron chi connectivity index (χ2n) is 18.6. The fraction of sp³-hybridized carbons (Fsp3) is 0.981. The van der Waals surface area contributed by atoms with Gasteiger partial charge in [0.2, 0.25) is 0 Å². The first-order valence-corrected chi connectivity index (χ1v) is 26.0. The number of carboxylic acids is 1. The third-order valence-corrected chi connectivity index (χ3v) is 13.2. The molecule has 2 heteroatoms. The first kappa shape index (κ1) is 51.5. The molecule has 1 aliphatic carbocycles. The first-order valence-electron chi connectivity index (χ1n) is 26.0. The van der Waals surface area contributed by atoms with Crippen molar-refractivity contribution in [1.82, 2.24) is 0 Å². The van der Waals surface area contributed by atoms with Crippen molar-refractivity contribution < 1.29 is 9.90 Å². The van der Waals surface area contributed by atoms with Crippen molar-refractivity contribution in [2.24, 2.45) is 5.92 Å². The van der Waals surface area contributed by atoms with Crippen molar-refractivity contribution >= 4 is 5.97 Å². The van der Waals surface area contributed by atoms with Gasteiger partial charge in [-0.1, -0.05) is 308 Å². The first-order chi connectivity index (χ1) is 26.8. The summed E-state index contributed by atoms with van der Waals surface area (Å²) in [5.41, 5.74) is 0. The van der Waals surface area contributed by atoms with Crippen LogP contribution in [0, 0.1) is 5.92 Å². The highest BCUT2D eigenvalue weighted by Crippen LogP contribution is 2.25. The molecular formula is C52H102O2. The summed E-state index contributed by atoms with van der Waals surface area (Å²) in [6.45, 7) is 0. The second kappa shape index (κ2) is 45.2. The third kappa shape index (κ3) is 42.6. The van der Waals surface area contributed by atoms with Gasteiger partial charge in [0, 0.05) is 6.42 Å². The van der Waals surface area contributed by atoms with Gasteiger partial charge in [-0.2, -0.15) is 0 Å². The van der Waals surface area contributed by atoms with E-state index >= 15 is 0 Å². The summed E-state index contributed by atoms with van der Waals surface area (Å²) in [5, 5.41) is 8.69. The molecule has 1 saturated carbocycles. The van der Waals surface area contributed by atoms with E-state index < -0.39 is 5.97 Å². The van der Waals surface area contributed by atoms with Crippen LogP contribution in [0.4, 0.5) is 0 Å². The standard InChI is InChI=1S/C52H102O2/c53-52(54)50-46-42-38-34-30-26-22-18-14-10-6-9-13-17-21-25-29-33-37-41-45-49-51-47-43-39-35-31-27-23-19-15-11-7-4-2-1-3-5-8-12-16-20-24-28-32-36-40-44-48-51/h51H,1-50H2,(H,53,54). The summed E-state index contributed by atoms with van der Waals surface area (Å²) >= 11 is 0. The molecule has 1 N–H and O–H groups in total. The molecule has 0 radical (unpaired) electrons. The summed E-state index contributed by atoms with van der Waals surface area (Å²) in [4.78, 5) is 10.5. The topological polar surface area (TPSA) is 37.3 Å². The van der Waals surface area contributed by atoms with Crippen LogP contribution >= 0.6 is 0 Å². The van der Waals surface area contributed by atoms with Crippen LogP contribution in [0.25, 0.3) is 0 Å². The van der Waals surface area contributed by atoms with Crippen LogP contribution in [0.15, 0.2) is 0 Å². The average Bonchev–Trinajstić information content (AvgIpc) is 3.17. The lowest BCUT2D eigenvalue weighted by Gasteiger charge is -2.17. The molecule has 0 aromatic heterocycles. The Hall–Kier alpha value is -0.530. The van der Waals surface area contributed by atoms with E-state index in [4.69, 9.17) is 5.11 Å². The van der Waals surface area contributed by atoms with Crippen LogP contribution < -0.4 is 0 Å². The van der Waals surface area contributed by atoms with Crippen molar-refractivity contribution in [1.29, 1.82) is 0 Å².